The van der Waals surface area contributed by atoms with Crippen molar-refractivity contribution in [3.63, 3.8) is 0 Å². The van der Waals surface area contributed by atoms with Crippen molar-refractivity contribution >= 4 is 34.5 Å². The second-order valence-corrected chi connectivity index (χ2v) is 9.85. The average molecular weight is 505 g/mol. The lowest BCUT2D eigenvalue weighted by molar-refractivity contribution is -0.115. The van der Waals surface area contributed by atoms with Gasteiger partial charge in [0.25, 0.3) is 5.91 Å². The van der Waals surface area contributed by atoms with Crippen LogP contribution in [0.2, 0.25) is 0 Å². The fourth-order valence-corrected chi connectivity index (χ4v) is 5.69. The van der Waals surface area contributed by atoms with Gasteiger partial charge in [-0.15, -0.1) is 11.3 Å². The Kier molecular flexibility index (Phi) is 6.12. The number of thiophene rings is 1. The number of hydrogen-bond acceptors (Lipinski definition) is 4. The minimum absolute atomic E-state index is 0.0626. The van der Waals surface area contributed by atoms with Crippen molar-refractivity contribution in [3.8, 4) is 21.7 Å². The van der Waals surface area contributed by atoms with Gasteiger partial charge in [-0.3, -0.25) is 14.7 Å². The summed E-state index contributed by atoms with van der Waals surface area (Å²) in [7, 11) is 0. The van der Waals surface area contributed by atoms with Crippen LogP contribution in [0.15, 0.2) is 96.5 Å². The molecule has 3 aromatic carbocycles. The third-order valence-corrected chi connectivity index (χ3v) is 7.52. The SMILES string of the molecule is O=C(Cc1ccccc1-c1ccccc1)Nc1ccc(C(=O)N2CCc3cn[nH]c3-c3sccc32)cc1. The normalized spacial score (nSPS) is 12.4. The van der Waals surface area contributed by atoms with Crippen LogP contribution in [0.25, 0.3) is 21.7 Å². The number of nitrogens with one attached hydrogen (secondary N) is 2. The summed E-state index contributed by atoms with van der Waals surface area (Å²) in [4.78, 5) is 29.2. The molecule has 0 saturated heterocycles. The lowest BCUT2D eigenvalue weighted by Crippen LogP contribution is -2.32. The maximum atomic E-state index is 13.5. The predicted octanol–water partition coefficient (Wildman–Crippen LogP) is 6.19. The quantitative estimate of drug-likeness (QED) is 0.300. The molecular weight excluding hydrogens is 480 g/mol. The van der Waals surface area contributed by atoms with Crippen molar-refractivity contribution in [1.29, 1.82) is 0 Å². The fourth-order valence-electron chi connectivity index (χ4n) is 4.77. The zero-order chi connectivity index (χ0) is 25.2. The van der Waals surface area contributed by atoms with Gasteiger partial charge in [-0.25, -0.2) is 0 Å². The summed E-state index contributed by atoms with van der Waals surface area (Å²) in [6, 6.07) is 27.1. The molecule has 0 fully saturated rings. The first kappa shape index (κ1) is 22.9. The summed E-state index contributed by atoms with van der Waals surface area (Å²) < 4.78 is 0. The molecule has 0 spiro atoms. The summed E-state index contributed by atoms with van der Waals surface area (Å²) in [6.07, 6.45) is 2.83. The van der Waals surface area contributed by atoms with E-state index in [-0.39, 0.29) is 18.2 Å². The monoisotopic (exact) mass is 504 g/mol. The minimum atomic E-state index is -0.104. The fraction of sp³-hybridized carbons (Fsp3) is 0.100. The molecule has 1 aliphatic heterocycles. The molecule has 7 heteroatoms. The van der Waals surface area contributed by atoms with Gasteiger partial charge in [-0.2, -0.15) is 5.10 Å². The Morgan fingerprint density at radius 2 is 1.73 bits per heavy atom. The van der Waals surface area contributed by atoms with Crippen molar-refractivity contribution in [2.75, 3.05) is 16.8 Å². The third kappa shape index (κ3) is 4.57. The first-order valence-corrected chi connectivity index (χ1v) is 13.0. The van der Waals surface area contributed by atoms with E-state index in [9.17, 15) is 9.59 Å². The number of nitrogens with zero attached hydrogens (tertiary/aromatic N) is 2. The van der Waals surface area contributed by atoms with Crippen LogP contribution in [0.4, 0.5) is 11.4 Å². The number of fused-ring (bicyclic) bond motifs is 3. The second-order valence-electron chi connectivity index (χ2n) is 8.94. The average Bonchev–Trinajstić information content (AvgIpc) is 3.57. The topological polar surface area (TPSA) is 78.1 Å². The summed E-state index contributed by atoms with van der Waals surface area (Å²) in [5, 5.41) is 12.2. The van der Waals surface area contributed by atoms with Crippen LogP contribution in [-0.4, -0.2) is 28.6 Å². The molecule has 2 amide bonds. The molecule has 5 aromatic rings. The molecule has 1 aliphatic rings. The number of aromatic amines is 1. The Balaban J connectivity index is 1.16. The molecule has 0 atom stereocenters. The molecule has 0 aliphatic carbocycles. The largest absolute Gasteiger partial charge is 0.326 e. The van der Waals surface area contributed by atoms with E-state index >= 15 is 0 Å². The van der Waals surface area contributed by atoms with E-state index in [1.165, 1.54) is 0 Å². The molecule has 2 N–H and O–H groups in total. The highest BCUT2D eigenvalue weighted by atomic mass is 32.1. The van der Waals surface area contributed by atoms with Crippen LogP contribution in [0.5, 0.6) is 0 Å². The lowest BCUT2D eigenvalue weighted by atomic mass is 9.97. The predicted molar refractivity (Wildman–Crippen MR) is 148 cm³/mol. The van der Waals surface area contributed by atoms with Crippen LogP contribution < -0.4 is 10.2 Å². The Morgan fingerprint density at radius 3 is 2.57 bits per heavy atom. The molecule has 0 saturated carbocycles. The zero-order valence-electron chi connectivity index (χ0n) is 20.0. The van der Waals surface area contributed by atoms with Gasteiger partial charge >= 0.3 is 0 Å². The van der Waals surface area contributed by atoms with Crippen LogP contribution in [0.1, 0.15) is 21.5 Å². The standard InChI is InChI=1S/C30H24N4O2S/c35-27(18-22-8-4-5-9-25(22)20-6-2-1-3-7-20)32-24-12-10-21(11-13-24)30(36)34-16-14-23-19-31-33-28(23)29-26(34)15-17-37-29/h1-13,15,17,19H,14,16,18H2,(H,31,33)(H,32,35). The highest BCUT2D eigenvalue weighted by Crippen LogP contribution is 2.40. The Hall–Kier alpha value is -4.49. The first-order valence-electron chi connectivity index (χ1n) is 12.1. The van der Waals surface area contributed by atoms with E-state index in [1.54, 1.807) is 35.6 Å². The summed E-state index contributed by atoms with van der Waals surface area (Å²) in [5.74, 6) is -0.167. The van der Waals surface area contributed by atoms with Crippen molar-refractivity contribution in [2.24, 2.45) is 0 Å². The van der Waals surface area contributed by atoms with Crippen molar-refractivity contribution in [3.05, 3.63) is 113 Å². The van der Waals surface area contributed by atoms with Gasteiger partial charge in [-0.05, 0) is 58.8 Å². The molecule has 6 nitrogen and oxygen atoms in total. The summed E-state index contributed by atoms with van der Waals surface area (Å²) in [5.41, 5.74) is 7.34. The number of anilines is 2. The van der Waals surface area contributed by atoms with Gasteiger partial charge < -0.3 is 10.2 Å². The number of hydrogen-bond donors (Lipinski definition) is 2. The number of carbonyl (C=O) groups is 2. The molecule has 0 radical (unpaired) electrons. The maximum absolute atomic E-state index is 13.5. The van der Waals surface area contributed by atoms with E-state index in [0.717, 1.165) is 44.9 Å². The number of amides is 2. The van der Waals surface area contributed by atoms with Gasteiger partial charge in [0.2, 0.25) is 5.91 Å². The molecular formula is C30H24N4O2S. The molecule has 0 unspecified atom stereocenters. The summed E-state index contributed by atoms with van der Waals surface area (Å²) >= 11 is 1.60. The van der Waals surface area contributed by atoms with Crippen molar-refractivity contribution < 1.29 is 9.59 Å². The van der Waals surface area contributed by atoms with E-state index in [2.05, 4.69) is 15.5 Å². The van der Waals surface area contributed by atoms with Gasteiger partial charge in [0.1, 0.15) is 0 Å². The third-order valence-electron chi connectivity index (χ3n) is 6.60. The molecule has 3 heterocycles. The Labute approximate surface area is 218 Å². The van der Waals surface area contributed by atoms with E-state index in [1.807, 2.05) is 77.1 Å². The number of H-pyrrole nitrogens is 1. The van der Waals surface area contributed by atoms with E-state index < -0.39 is 0 Å². The number of benzene rings is 3. The highest BCUT2D eigenvalue weighted by Gasteiger charge is 2.27. The van der Waals surface area contributed by atoms with Gasteiger partial charge in [0.15, 0.2) is 0 Å². The van der Waals surface area contributed by atoms with Crippen molar-refractivity contribution in [1.82, 2.24) is 10.2 Å². The van der Waals surface area contributed by atoms with E-state index in [4.69, 9.17) is 0 Å². The van der Waals surface area contributed by atoms with Gasteiger partial charge in [-0.1, -0.05) is 54.6 Å². The number of carbonyl (C=O) groups excluding carboxylic acids is 2. The lowest BCUT2D eigenvalue weighted by Gasteiger charge is -2.21. The van der Waals surface area contributed by atoms with Crippen LogP contribution in [0.3, 0.4) is 0 Å². The van der Waals surface area contributed by atoms with Crippen molar-refractivity contribution in [2.45, 2.75) is 12.8 Å². The highest BCUT2D eigenvalue weighted by molar-refractivity contribution is 7.14. The molecule has 6 rings (SSSR count). The van der Waals surface area contributed by atoms with Crippen LogP contribution in [-0.2, 0) is 17.6 Å². The maximum Gasteiger partial charge on any atom is 0.258 e. The number of rotatable bonds is 5. The second kappa shape index (κ2) is 9.87. The molecule has 182 valence electrons. The zero-order valence-corrected chi connectivity index (χ0v) is 20.8. The Morgan fingerprint density at radius 1 is 0.946 bits per heavy atom. The van der Waals surface area contributed by atoms with Crippen LogP contribution in [0, 0.1) is 0 Å². The first-order chi connectivity index (χ1) is 18.2. The van der Waals surface area contributed by atoms with Gasteiger partial charge in [0, 0.05) is 23.4 Å². The summed E-state index contributed by atoms with van der Waals surface area (Å²) in [6.45, 7) is 0.578. The van der Waals surface area contributed by atoms with Crippen LogP contribution >= 0.6 is 11.3 Å². The molecule has 2 aromatic heterocycles. The smallest absolute Gasteiger partial charge is 0.258 e. The Bertz CT molecular complexity index is 1570. The van der Waals surface area contributed by atoms with E-state index in [0.29, 0.717) is 17.8 Å². The molecule has 0 bridgehead atoms. The minimum Gasteiger partial charge on any atom is -0.326 e. The molecule has 37 heavy (non-hydrogen) atoms. The number of aromatic nitrogens is 2. The van der Waals surface area contributed by atoms with Gasteiger partial charge in [0.05, 0.1) is 28.9 Å².